The lowest BCUT2D eigenvalue weighted by Crippen LogP contribution is -2.21. The number of benzene rings is 2. The first-order valence-corrected chi connectivity index (χ1v) is 10.2. The lowest BCUT2D eigenvalue weighted by Gasteiger charge is -2.10. The Morgan fingerprint density at radius 2 is 1.82 bits per heavy atom. The van der Waals surface area contributed by atoms with Crippen molar-refractivity contribution in [2.45, 2.75) is 4.21 Å². The number of hydrogen-bond donors (Lipinski definition) is 2. The zero-order chi connectivity index (χ0) is 20.1. The average Bonchev–Trinajstić information content (AvgIpc) is 3.20. The number of carbonyl (C=O) groups is 1. The Hall–Kier alpha value is -3.11. The molecule has 28 heavy (non-hydrogen) atoms. The first kappa shape index (κ1) is 19.6. The van der Waals surface area contributed by atoms with Gasteiger partial charge < -0.3 is 0 Å². The lowest BCUT2D eigenvalue weighted by atomic mass is 10.2. The van der Waals surface area contributed by atoms with Crippen LogP contribution in [0.2, 0.25) is 0 Å². The number of anilines is 1. The molecule has 0 spiro atoms. The molecule has 2 N–H and O–H groups in total. The van der Waals surface area contributed by atoms with Crippen molar-refractivity contribution in [3.63, 3.8) is 0 Å². The molecule has 10 heteroatoms. The minimum atomic E-state index is -3.83. The Bertz CT molecular complexity index is 1130. The van der Waals surface area contributed by atoms with E-state index in [0.717, 1.165) is 29.7 Å². The molecule has 0 bridgehead atoms. The first-order valence-electron chi connectivity index (χ1n) is 7.80. The van der Waals surface area contributed by atoms with Crippen molar-refractivity contribution < 1.29 is 22.0 Å². The molecule has 0 saturated carbocycles. The predicted molar refractivity (Wildman–Crippen MR) is 103 cm³/mol. The molecule has 0 fully saturated rings. The molecular formula is C18H13F2N3O3S2. The molecule has 3 rings (SSSR count). The Labute approximate surface area is 163 Å². The van der Waals surface area contributed by atoms with Crippen molar-refractivity contribution in [1.82, 2.24) is 5.43 Å². The molecule has 144 valence electrons. The maximum atomic E-state index is 13.2. The van der Waals surface area contributed by atoms with Gasteiger partial charge >= 0.3 is 0 Å². The second-order valence-electron chi connectivity index (χ2n) is 5.46. The highest BCUT2D eigenvalue weighted by molar-refractivity contribution is 7.94. The quantitative estimate of drug-likeness (QED) is 0.471. The molecule has 1 aromatic heterocycles. The third kappa shape index (κ3) is 4.59. The molecule has 1 amide bonds. The van der Waals surface area contributed by atoms with Gasteiger partial charge in [-0.25, -0.2) is 22.6 Å². The van der Waals surface area contributed by atoms with Crippen molar-refractivity contribution in [3.05, 3.63) is 82.7 Å². The zero-order valence-electron chi connectivity index (χ0n) is 14.1. The summed E-state index contributed by atoms with van der Waals surface area (Å²) in [5.41, 5.74) is 2.59. The second-order valence-corrected chi connectivity index (χ2v) is 8.31. The molecule has 0 atom stereocenters. The van der Waals surface area contributed by atoms with Crippen LogP contribution in [0.15, 0.2) is 69.3 Å². The van der Waals surface area contributed by atoms with Crippen LogP contribution in [0.4, 0.5) is 14.5 Å². The number of hydrazone groups is 1. The Morgan fingerprint density at radius 3 is 2.54 bits per heavy atom. The lowest BCUT2D eigenvalue weighted by molar-refractivity contribution is 0.0956. The minimum Gasteiger partial charge on any atom is -0.278 e. The molecular weight excluding hydrogens is 408 g/mol. The maximum absolute atomic E-state index is 13.2. The summed E-state index contributed by atoms with van der Waals surface area (Å²) in [6.45, 7) is 0. The van der Waals surface area contributed by atoms with Crippen LogP contribution in [0, 0.1) is 11.6 Å². The predicted octanol–water partition coefficient (Wildman–Crippen LogP) is 3.59. The fourth-order valence-electron chi connectivity index (χ4n) is 2.20. The van der Waals surface area contributed by atoms with Gasteiger partial charge in [0.1, 0.15) is 4.21 Å². The summed E-state index contributed by atoms with van der Waals surface area (Å²) >= 11 is 1.05. The van der Waals surface area contributed by atoms with E-state index in [-0.39, 0.29) is 21.0 Å². The van der Waals surface area contributed by atoms with E-state index >= 15 is 0 Å². The van der Waals surface area contributed by atoms with E-state index in [2.05, 4.69) is 15.2 Å². The molecule has 0 aliphatic carbocycles. The van der Waals surface area contributed by atoms with Crippen LogP contribution in [0.5, 0.6) is 0 Å². The molecule has 2 aromatic carbocycles. The van der Waals surface area contributed by atoms with E-state index in [4.69, 9.17) is 0 Å². The number of sulfonamides is 1. The second kappa shape index (κ2) is 8.28. The van der Waals surface area contributed by atoms with Crippen LogP contribution in [-0.4, -0.2) is 20.5 Å². The minimum absolute atomic E-state index is 0.0464. The van der Waals surface area contributed by atoms with E-state index < -0.39 is 27.6 Å². The van der Waals surface area contributed by atoms with Crippen LogP contribution >= 0.6 is 11.3 Å². The van der Waals surface area contributed by atoms with Crippen LogP contribution in [-0.2, 0) is 10.0 Å². The highest BCUT2D eigenvalue weighted by Gasteiger charge is 2.19. The molecule has 0 aliphatic rings. The number of thiophene rings is 1. The van der Waals surface area contributed by atoms with E-state index in [1.54, 1.807) is 23.6 Å². The number of amides is 1. The Balaban J connectivity index is 1.75. The summed E-state index contributed by atoms with van der Waals surface area (Å²) in [6, 6.07) is 12.2. The zero-order valence-corrected chi connectivity index (χ0v) is 15.7. The average molecular weight is 421 g/mol. The largest absolute Gasteiger partial charge is 0.278 e. The highest BCUT2D eigenvalue weighted by Crippen LogP contribution is 2.22. The summed E-state index contributed by atoms with van der Waals surface area (Å²) < 4.78 is 53.3. The van der Waals surface area contributed by atoms with E-state index in [0.29, 0.717) is 0 Å². The molecule has 1 heterocycles. The smallest absolute Gasteiger partial charge is 0.273 e. The number of rotatable bonds is 6. The Kier molecular flexibility index (Phi) is 5.81. The van der Waals surface area contributed by atoms with E-state index in [9.17, 15) is 22.0 Å². The normalized spacial score (nSPS) is 11.5. The topological polar surface area (TPSA) is 87.6 Å². The number of halogens is 2. The fourth-order valence-corrected chi connectivity index (χ4v) is 4.27. The molecule has 6 nitrogen and oxygen atoms in total. The molecule has 0 aliphatic heterocycles. The van der Waals surface area contributed by atoms with Gasteiger partial charge in [0.25, 0.3) is 15.9 Å². The molecule has 0 unspecified atom stereocenters. The standard InChI is InChI=1S/C18H13F2N3O3S2/c19-14-8-7-12(10-15(14)20)11-21-22-18(24)13-4-1-2-5-16(13)23-28(25,26)17-6-3-9-27-17/h1-11,23H,(H,22,24)/b21-11+. The van der Waals surface area contributed by atoms with Crippen molar-refractivity contribution in [2.75, 3.05) is 4.72 Å². The summed E-state index contributed by atoms with van der Waals surface area (Å²) in [6.07, 6.45) is 1.14. The van der Waals surface area contributed by atoms with E-state index in [1.807, 2.05) is 0 Å². The van der Waals surface area contributed by atoms with Crippen LogP contribution < -0.4 is 10.1 Å². The summed E-state index contributed by atoms with van der Waals surface area (Å²) in [4.78, 5) is 12.4. The van der Waals surface area contributed by atoms with Crippen molar-refractivity contribution in [3.8, 4) is 0 Å². The van der Waals surface area contributed by atoms with Gasteiger partial charge in [-0.1, -0.05) is 24.3 Å². The summed E-state index contributed by atoms with van der Waals surface area (Å²) in [5, 5.41) is 5.31. The monoisotopic (exact) mass is 421 g/mol. The van der Waals surface area contributed by atoms with Gasteiger partial charge in [0.05, 0.1) is 17.5 Å². The third-order valence-electron chi connectivity index (χ3n) is 3.50. The Morgan fingerprint density at radius 1 is 1.04 bits per heavy atom. The molecule has 0 saturated heterocycles. The number of hydrogen-bond acceptors (Lipinski definition) is 5. The third-order valence-corrected chi connectivity index (χ3v) is 6.26. The number of para-hydroxylation sites is 1. The number of nitrogens with one attached hydrogen (secondary N) is 2. The van der Waals surface area contributed by atoms with E-state index in [1.165, 1.54) is 24.3 Å². The summed E-state index contributed by atoms with van der Waals surface area (Å²) in [7, 11) is -3.83. The van der Waals surface area contributed by atoms with Crippen LogP contribution in [0.25, 0.3) is 0 Å². The van der Waals surface area contributed by atoms with Crippen molar-refractivity contribution in [2.24, 2.45) is 5.10 Å². The van der Waals surface area contributed by atoms with Gasteiger partial charge in [-0.05, 0) is 41.3 Å². The van der Waals surface area contributed by atoms with Gasteiger partial charge in [-0.3, -0.25) is 9.52 Å². The molecule has 3 aromatic rings. The maximum Gasteiger partial charge on any atom is 0.273 e. The van der Waals surface area contributed by atoms with Crippen LogP contribution in [0.1, 0.15) is 15.9 Å². The van der Waals surface area contributed by atoms with Gasteiger partial charge in [0.15, 0.2) is 11.6 Å². The fraction of sp³-hybridized carbons (Fsp3) is 0. The SMILES string of the molecule is O=C(N/N=C/c1ccc(F)c(F)c1)c1ccccc1NS(=O)(=O)c1cccs1. The van der Waals surface area contributed by atoms with Crippen molar-refractivity contribution >= 4 is 39.2 Å². The van der Waals surface area contributed by atoms with Gasteiger partial charge in [-0.2, -0.15) is 5.10 Å². The highest BCUT2D eigenvalue weighted by atomic mass is 32.2. The summed E-state index contributed by atoms with van der Waals surface area (Å²) in [5.74, 6) is -2.71. The first-order chi connectivity index (χ1) is 13.4. The van der Waals surface area contributed by atoms with Crippen LogP contribution in [0.3, 0.4) is 0 Å². The van der Waals surface area contributed by atoms with Gasteiger partial charge in [0, 0.05) is 0 Å². The van der Waals surface area contributed by atoms with Gasteiger partial charge in [-0.15, -0.1) is 11.3 Å². The number of nitrogens with zero attached hydrogens (tertiary/aromatic N) is 1. The van der Waals surface area contributed by atoms with Crippen molar-refractivity contribution in [1.29, 1.82) is 0 Å². The van der Waals surface area contributed by atoms with Gasteiger partial charge in [0.2, 0.25) is 0 Å². The number of carbonyl (C=O) groups excluding carboxylic acids is 1. The molecule has 0 radical (unpaired) electrons.